The highest BCUT2D eigenvalue weighted by Crippen LogP contribution is 2.35. The Morgan fingerprint density at radius 3 is 2.78 bits per heavy atom. The fraction of sp³-hybridized carbons (Fsp3) is 0.478. The highest BCUT2D eigenvalue weighted by Gasteiger charge is 2.26. The molecule has 0 aromatic heterocycles. The first-order valence-corrected chi connectivity index (χ1v) is 11.0. The van der Waals surface area contributed by atoms with Crippen LogP contribution in [0.2, 0.25) is 0 Å². The summed E-state index contributed by atoms with van der Waals surface area (Å²) >= 11 is 3.70. The van der Waals surface area contributed by atoms with Gasteiger partial charge >= 0.3 is 0 Å². The minimum Gasteiger partial charge on any atom is -0.310 e. The van der Waals surface area contributed by atoms with Gasteiger partial charge in [-0.15, -0.1) is 0 Å². The van der Waals surface area contributed by atoms with E-state index < -0.39 is 0 Å². The van der Waals surface area contributed by atoms with Crippen LogP contribution in [0.25, 0.3) is 0 Å². The van der Waals surface area contributed by atoms with E-state index in [-0.39, 0.29) is 0 Å². The van der Waals surface area contributed by atoms with Crippen LogP contribution < -0.4 is 5.32 Å². The summed E-state index contributed by atoms with van der Waals surface area (Å²) < 4.78 is 1.27. The molecule has 3 nitrogen and oxygen atoms in total. The highest BCUT2D eigenvalue weighted by molar-refractivity contribution is 9.10. The largest absolute Gasteiger partial charge is 0.310 e. The van der Waals surface area contributed by atoms with E-state index in [0.717, 1.165) is 19.6 Å². The quantitative estimate of drug-likeness (QED) is 0.688. The molecule has 2 aromatic carbocycles. The predicted octanol–water partition coefficient (Wildman–Crippen LogP) is 4.40. The number of nitrogens with one attached hydrogen (secondary N) is 1. The van der Waals surface area contributed by atoms with Crippen LogP contribution in [0.3, 0.4) is 0 Å². The first kappa shape index (κ1) is 19.1. The standard InChI is InChI=1S/C23H30BrN3/c1-26-15-16-27(23(17-26)18-7-3-2-4-8-18)14-6-13-25-22-12-11-19-20(22)9-5-10-21(19)24/h2-5,7-10,22-23,25H,6,11-17H2,1H3. The Bertz CT molecular complexity index is 749. The van der Waals surface area contributed by atoms with Crippen molar-refractivity contribution in [3.05, 3.63) is 69.7 Å². The van der Waals surface area contributed by atoms with E-state index in [4.69, 9.17) is 0 Å². The van der Waals surface area contributed by atoms with Crippen molar-refractivity contribution in [3.8, 4) is 0 Å². The van der Waals surface area contributed by atoms with Gasteiger partial charge < -0.3 is 10.2 Å². The first-order valence-electron chi connectivity index (χ1n) is 10.2. The number of hydrogen-bond acceptors (Lipinski definition) is 3. The van der Waals surface area contributed by atoms with E-state index in [1.54, 1.807) is 0 Å². The molecule has 0 bridgehead atoms. The maximum absolute atomic E-state index is 3.81. The van der Waals surface area contributed by atoms with Crippen molar-refractivity contribution < 1.29 is 0 Å². The molecule has 1 N–H and O–H groups in total. The van der Waals surface area contributed by atoms with Gasteiger partial charge in [-0.3, -0.25) is 4.90 Å². The topological polar surface area (TPSA) is 18.5 Å². The summed E-state index contributed by atoms with van der Waals surface area (Å²) in [7, 11) is 2.24. The van der Waals surface area contributed by atoms with E-state index in [2.05, 4.69) is 86.6 Å². The van der Waals surface area contributed by atoms with Crippen molar-refractivity contribution in [3.63, 3.8) is 0 Å². The van der Waals surface area contributed by atoms with Gasteiger partial charge in [0.05, 0.1) is 0 Å². The zero-order valence-electron chi connectivity index (χ0n) is 16.2. The minimum absolute atomic E-state index is 0.521. The lowest BCUT2D eigenvalue weighted by Gasteiger charge is -2.40. The molecule has 2 atom stereocenters. The maximum atomic E-state index is 3.81. The fourth-order valence-corrected chi connectivity index (χ4v) is 5.18. The third-order valence-corrected chi connectivity index (χ3v) is 6.85. The van der Waals surface area contributed by atoms with E-state index in [1.807, 2.05) is 0 Å². The van der Waals surface area contributed by atoms with Crippen LogP contribution in [-0.4, -0.2) is 49.6 Å². The van der Waals surface area contributed by atoms with E-state index in [9.17, 15) is 0 Å². The Morgan fingerprint density at radius 2 is 1.93 bits per heavy atom. The predicted molar refractivity (Wildman–Crippen MR) is 116 cm³/mol. The molecule has 1 aliphatic heterocycles. The fourth-order valence-electron chi connectivity index (χ4n) is 4.60. The van der Waals surface area contributed by atoms with Gasteiger partial charge in [-0.1, -0.05) is 58.4 Å². The van der Waals surface area contributed by atoms with Crippen molar-refractivity contribution in [1.82, 2.24) is 15.1 Å². The molecule has 1 saturated heterocycles. The third-order valence-electron chi connectivity index (χ3n) is 6.11. The number of likely N-dealkylation sites (N-methyl/N-ethyl adjacent to an activating group) is 1. The summed E-state index contributed by atoms with van der Waals surface area (Å²) in [6.07, 6.45) is 3.61. The van der Waals surface area contributed by atoms with Crippen molar-refractivity contribution in [2.75, 3.05) is 39.8 Å². The number of rotatable bonds is 6. The number of fused-ring (bicyclic) bond motifs is 1. The van der Waals surface area contributed by atoms with Crippen molar-refractivity contribution in [1.29, 1.82) is 0 Å². The van der Waals surface area contributed by atoms with Gasteiger partial charge in [0.15, 0.2) is 0 Å². The average Bonchev–Trinajstić information content (AvgIpc) is 3.11. The Labute approximate surface area is 171 Å². The molecule has 0 spiro atoms. The smallest absolute Gasteiger partial charge is 0.0475 e. The zero-order chi connectivity index (χ0) is 18.6. The molecule has 144 valence electrons. The lowest BCUT2D eigenvalue weighted by atomic mass is 10.0. The Kier molecular flexibility index (Phi) is 6.28. The molecule has 0 saturated carbocycles. The molecule has 27 heavy (non-hydrogen) atoms. The Morgan fingerprint density at radius 1 is 1.07 bits per heavy atom. The second-order valence-corrected chi connectivity index (χ2v) is 8.79. The molecule has 1 heterocycles. The summed E-state index contributed by atoms with van der Waals surface area (Å²) in [5, 5.41) is 3.81. The van der Waals surface area contributed by atoms with Gasteiger partial charge in [-0.2, -0.15) is 0 Å². The number of halogens is 1. The van der Waals surface area contributed by atoms with Crippen molar-refractivity contribution in [2.24, 2.45) is 0 Å². The molecule has 1 aliphatic carbocycles. The highest BCUT2D eigenvalue weighted by atomic mass is 79.9. The molecule has 4 heteroatoms. The maximum Gasteiger partial charge on any atom is 0.0475 e. The SMILES string of the molecule is CN1CCN(CCCNC2CCc3c(Br)cccc32)C(c2ccccc2)C1. The normalized spacial score (nSPS) is 23.5. The molecular weight excluding hydrogens is 398 g/mol. The van der Waals surface area contributed by atoms with Crippen LogP contribution >= 0.6 is 15.9 Å². The molecule has 0 radical (unpaired) electrons. The number of hydrogen-bond donors (Lipinski definition) is 1. The van der Waals surface area contributed by atoms with Crippen LogP contribution in [0.15, 0.2) is 53.0 Å². The molecule has 0 amide bonds. The molecule has 2 aliphatic rings. The molecular formula is C23H30BrN3. The molecule has 1 fully saturated rings. The second kappa shape index (κ2) is 8.87. The first-order chi connectivity index (χ1) is 13.2. The van der Waals surface area contributed by atoms with Gasteiger partial charge in [0.25, 0.3) is 0 Å². The van der Waals surface area contributed by atoms with Crippen LogP contribution in [0.4, 0.5) is 0 Å². The van der Waals surface area contributed by atoms with Gasteiger partial charge in [0.1, 0.15) is 0 Å². The van der Waals surface area contributed by atoms with Crippen molar-refractivity contribution >= 4 is 15.9 Å². The van der Waals surface area contributed by atoms with Gasteiger partial charge in [-0.05, 0) is 55.6 Å². The monoisotopic (exact) mass is 427 g/mol. The lowest BCUT2D eigenvalue weighted by molar-refractivity contribution is 0.0886. The third kappa shape index (κ3) is 4.45. The number of benzene rings is 2. The minimum atomic E-state index is 0.521. The number of nitrogens with zero attached hydrogens (tertiary/aromatic N) is 2. The van der Waals surface area contributed by atoms with Gasteiger partial charge in [0.2, 0.25) is 0 Å². The Balaban J connectivity index is 1.30. The summed E-state index contributed by atoms with van der Waals surface area (Å²) in [4.78, 5) is 5.13. The van der Waals surface area contributed by atoms with E-state index in [1.165, 1.54) is 53.5 Å². The van der Waals surface area contributed by atoms with Crippen molar-refractivity contribution in [2.45, 2.75) is 31.3 Å². The Hall–Kier alpha value is -1.20. The van der Waals surface area contributed by atoms with Gasteiger partial charge in [-0.25, -0.2) is 0 Å². The summed E-state index contributed by atoms with van der Waals surface area (Å²) in [6.45, 7) is 5.71. The lowest BCUT2D eigenvalue weighted by Crippen LogP contribution is -2.47. The number of piperazine rings is 1. The average molecular weight is 428 g/mol. The summed E-state index contributed by atoms with van der Waals surface area (Å²) in [6, 6.07) is 18.7. The molecule has 2 aromatic rings. The second-order valence-electron chi connectivity index (χ2n) is 7.93. The zero-order valence-corrected chi connectivity index (χ0v) is 17.8. The van der Waals surface area contributed by atoms with E-state index >= 15 is 0 Å². The van der Waals surface area contributed by atoms with Crippen LogP contribution in [-0.2, 0) is 6.42 Å². The van der Waals surface area contributed by atoms with Crippen LogP contribution in [0.5, 0.6) is 0 Å². The molecule has 2 unspecified atom stereocenters. The summed E-state index contributed by atoms with van der Waals surface area (Å²) in [5.74, 6) is 0. The molecule has 4 rings (SSSR count). The van der Waals surface area contributed by atoms with Gasteiger partial charge in [0, 0.05) is 42.7 Å². The summed E-state index contributed by atoms with van der Waals surface area (Å²) in [5.41, 5.74) is 4.44. The van der Waals surface area contributed by atoms with E-state index in [0.29, 0.717) is 12.1 Å². The van der Waals surface area contributed by atoms with Crippen LogP contribution in [0, 0.1) is 0 Å². The van der Waals surface area contributed by atoms with Crippen LogP contribution in [0.1, 0.15) is 41.6 Å².